The Balaban J connectivity index is 0.00000127. The van der Waals surface area contributed by atoms with Gasteiger partial charge in [-0.3, -0.25) is 4.79 Å². The van der Waals surface area contributed by atoms with Crippen LogP contribution in [0.2, 0.25) is 0 Å². The van der Waals surface area contributed by atoms with Crippen LogP contribution >= 0.6 is 0 Å². The molecule has 0 saturated carbocycles. The van der Waals surface area contributed by atoms with Gasteiger partial charge in [-0.1, -0.05) is 26.0 Å². The third-order valence-corrected chi connectivity index (χ3v) is 4.28. The topological polar surface area (TPSA) is 47.6 Å². The molecule has 130 valence electrons. The normalized spacial score (nSPS) is 15.5. The standard InChI is InChI=1S/C16H26N4O.C2H6/c1-17-9-12-20-10-7-14(8-11-20)19(2)16-6-4-3-5-15(16)18-13-21;1-2/h3-6,13-14,17H,7-12H2,1-2H3,(H,18,21);1-2H3. The van der Waals surface area contributed by atoms with Crippen molar-refractivity contribution in [2.45, 2.75) is 32.7 Å². The number of nitrogens with zero attached hydrogens (tertiary/aromatic N) is 2. The second kappa shape index (κ2) is 11.0. The molecule has 1 aromatic carbocycles. The number of hydrogen-bond acceptors (Lipinski definition) is 4. The molecule has 1 aliphatic heterocycles. The minimum atomic E-state index is 0.533. The van der Waals surface area contributed by atoms with Gasteiger partial charge in [-0.15, -0.1) is 0 Å². The minimum Gasteiger partial charge on any atom is -0.370 e. The zero-order chi connectivity index (χ0) is 17.1. The third kappa shape index (κ3) is 5.84. The number of para-hydroxylation sites is 2. The van der Waals surface area contributed by atoms with E-state index in [1.54, 1.807) is 0 Å². The van der Waals surface area contributed by atoms with E-state index in [0.29, 0.717) is 6.04 Å². The summed E-state index contributed by atoms with van der Waals surface area (Å²) in [4.78, 5) is 15.5. The van der Waals surface area contributed by atoms with Crippen LogP contribution in [0.15, 0.2) is 24.3 Å². The van der Waals surface area contributed by atoms with Crippen molar-refractivity contribution in [1.29, 1.82) is 0 Å². The molecule has 1 saturated heterocycles. The molecule has 0 unspecified atom stereocenters. The van der Waals surface area contributed by atoms with E-state index < -0.39 is 0 Å². The zero-order valence-corrected chi connectivity index (χ0v) is 15.0. The molecule has 23 heavy (non-hydrogen) atoms. The first-order chi connectivity index (χ1) is 11.3. The van der Waals surface area contributed by atoms with Gasteiger partial charge in [0.1, 0.15) is 0 Å². The van der Waals surface area contributed by atoms with Crippen molar-refractivity contribution in [3.63, 3.8) is 0 Å². The molecule has 1 heterocycles. The first kappa shape index (κ1) is 19.5. The molecule has 1 aliphatic rings. The number of amides is 1. The summed E-state index contributed by atoms with van der Waals surface area (Å²) in [6.45, 7) is 8.45. The molecule has 2 N–H and O–H groups in total. The van der Waals surface area contributed by atoms with Crippen LogP contribution in [0, 0.1) is 0 Å². The van der Waals surface area contributed by atoms with Gasteiger partial charge in [-0.2, -0.15) is 0 Å². The lowest BCUT2D eigenvalue weighted by Gasteiger charge is -2.38. The number of piperidine rings is 1. The van der Waals surface area contributed by atoms with Gasteiger partial charge >= 0.3 is 0 Å². The second-order valence-corrected chi connectivity index (χ2v) is 5.57. The summed E-state index contributed by atoms with van der Waals surface area (Å²) in [6.07, 6.45) is 3.07. The van der Waals surface area contributed by atoms with E-state index in [9.17, 15) is 4.79 Å². The van der Waals surface area contributed by atoms with Gasteiger partial charge in [0.2, 0.25) is 6.41 Å². The molecule has 5 heteroatoms. The van der Waals surface area contributed by atoms with Crippen LogP contribution < -0.4 is 15.5 Å². The van der Waals surface area contributed by atoms with Crippen LogP contribution in [0.1, 0.15) is 26.7 Å². The lowest BCUT2D eigenvalue weighted by atomic mass is 10.0. The highest BCUT2D eigenvalue weighted by Crippen LogP contribution is 2.28. The molecule has 0 radical (unpaired) electrons. The molecular formula is C18H32N4O. The van der Waals surface area contributed by atoms with Crippen LogP contribution in [-0.4, -0.2) is 57.6 Å². The Morgan fingerprint density at radius 3 is 2.52 bits per heavy atom. The quantitative estimate of drug-likeness (QED) is 0.758. The molecule has 5 nitrogen and oxygen atoms in total. The Kier molecular flexibility index (Phi) is 9.33. The third-order valence-electron chi connectivity index (χ3n) is 4.28. The average Bonchev–Trinajstić information content (AvgIpc) is 2.62. The number of carbonyl (C=O) groups excluding carboxylic acids is 1. The number of likely N-dealkylation sites (N-methyl/N-ethyl adjacent to an activating group) is 1. The van der Waals surface area contributed by atoms with Crippen LogP contribution in [0.5, 0.6) is 0 Å². The summed E-state index contributed by atoms with van der Waals surface area (Å²) in [5.74, 6) is 0. The molecule has 0 atom stereocenters. The van der Waals surface area contributed by atoms with Gasteiger partial charge in [0, 0.05) is 39.3 Å². The predicted molar refractivity (Wildman–Crippen MR) is 99.3 cm³/mol. The molecule has 0 spiro atoms. The van der Waals surface area contributed by atoms with E-state index in [2.05, 4.69) is 33.5 Å². The maximum absolute atomic E-state index is 10.7. The van der Waals surface area contributed by atoms with Crippen LogP contribution in [0.25, 0.3) is 0 Å². The lowest BCUT2D eigenvalue weighted by molar-refractivity contribution is -0.105. The molecule has 1 amide bonds. The minimum absolute atomic E-state index is 0.533. The maximum atomic E-state index is 10.7. The summed E-state index contributed by atoms with van der Waals surface area (Å²) in [6, 6.07) is 8.51. The van der Waals surface area contributed by atoms with E-state index >= 15 is 0 Å². The SMILES string of the molecule is CC.CNCCN1CCC(N(C)c2ccccc2NC=O)CC1. The van der Waals surface area contributed by atoms with Gasteiger partial charge in [-0.25, -0.2) is 0 Å². The summed E-state index contributed by atoms with van der Waals surface area (Å²) in [5, 5.41) is 5.99. The van der Waals surface area contributed by atoms with Gasteiger partial charge < -0.3 is 20.4 Å². The van der Waals surface area contributed by atoms with Gasteiger partial charge in [0.05, 0.1) is 11.4 Å². The first-order valence-electron chi connectivity index (χ1n) is 8.65. The highest BCUT2D eigenvalue weighted by atomic mass is 16.1. The number of benzene rings is 1. The smallest absolute Gasteiger partial charge is 0.211 e. The van der Waals surface area contributed by atoms with Crippen molar-refractivity contribution < 1.29 is 4.79 Å². The van der Waals surface area contributed by atoms with Gasteiger partial charge in [-0.05, 0) is 32.0 Å². The molecule has 1 fully saturated rings. The zero-order valence-electron chi connectivity index (χ0n) is 15.0. The average molecular weight is 320 g/mol. The van der Waals surface area contributed by atoms with E-state index in [0.717, 1.165) is 56.8 Å². The molecule has 1 aromatic rings. The van der Waals surface area contributed by atoms with E-state index in [1.165, 1.54) is 0 Å². The highest BCUT2D eigenvalue weighted by Gasteiger charge is 2.23. The van der Waals surface area contributed by atoms with E-state index in [-0.39, 0.29) is 0 Å². The van der Waals surface area contributed by atoms with Gasteiger partial charge in [0.15, 0.2) is 0 Å². The number of anilines is 2. The Hall–Kier alpha value is -1.59. The van der Waals surface area contributed by atoms with E-state index in [1.807, 2.05) is 39.1 Å². The van der Waals surface area contributed by atoms with Crippen molar-refractivity contribution in [3.05, 3.63) is 24.3 Å². The fraction of sp³-hybridized carbons (Fsp3) is 0.611. The summed E-state index contributed by atoms with van der Waals surface area (Å²) in [7, 11) is 4.12. The van der Waals surface area contributed by atoms with Crippen molar-refractivity contribution in [2.24, 2.45) is 0 Å². The lowest BCUT2D eigenvalue weighted by Crippen LogP contribution is -2.45. The monoisotopic (exact) mass is 320 g/mol. The number of carbonyl (C=O) groups is 1. The molecule has 0 aliphatic carbocycles. The van der Waals surface area contributed by atoms with Crippen molar-refractivity contribution in [2.75, 3.05) is 50.5 Å². The van der Waals surface area contributed by atoms with Crippen LogP contribution in [-0.2, 0) is 4.79 Å². The van der Waals surface area contributed by atoms with Gasteiger partial charge in [0.25, 0.3) is 0 Å². The fourth-order valence-electron chi connectivity index (χ4n) is 2.96. The van der Waals surface area contributed by atoms with Crippen molar-refractivity contribution in [3.8, 4) is 0 Å². The molecule has 0 aromatic heterocycles. The molecular weight excluding hydrogens is 288 g/mol. The highest BCUT2D eigenvalue weighted by molar-refractivity contribution is 5.81. The summed E-state index contributed by atoms with van der Waals surface area (Å²) < 4.78 is 0. The molecule has 0 bridgehead atoms. The maximum Gasteiger partial charge on any atom is 0.211 e. The second-order valence-electron chi connectivity index (χ2n) is 5.57. The number of likely N-dealkylation sites (tertiary alicyclic amines) is 1. The number of hydrogen-bond donors (Lipinski definition) is 2. The number of rotatable bonds is 7. The Morgan fingerprint density at radius 2 is 1.91 bits per heavy atom. The Labute approximate surface area is 141 Å². The van der Waals surface area contributed by atoms with Crippen LogP contribution in [0.4, 0.5) is 11.4 Å². The van der Waals surface area contributed by atoms with Crippen molar-refractivity contribution in [1.82, 2.24) is 10.2 Å². The largest absolute Gasteiger partial charge is 0.370 e. The predicted octanol–water partition coefficient (Wildman–Crippen LogP) is 2.40. The summed E-state index contributed by atoms with van der Waals surface area (Å²) >= 11 is 0. The van der Waals surface area contributed by atoms with E-state index in [4.69, 9.17) is 0 Å². The molecule has 2 rings (SSSR count). The fourth-order valence-corrected chi connectivity index (χ4v) is 2.96. The summed E-state index contributed by atoms with van der Waals surface area (Å²) in [5.41, 5.74) is 1.98. The number of nitrogens with one attached hydrogen (secondary N) is 2. The Morgan fingerprint density at radius 1 is 1.26 bits per heavy atom. The van der Waals surface area contributed by atoms with Crippen LogP contribution in [0.3, 0.4) is 0 Å². The first-order valence-corrected chi connectivity index (χ1v) is 8.65. The van der Waals surface area contributed by atoms with Crippen molar-refractivity contribution >= 4 is 17.8 Å². The Bertz CT molecular complexity index is 444.